The van der Waals surface area contributed by atoms with Gasteiger partial charge in [0.2, 0.25) is 0 Å². The number of halogens is 1. The van der Waals surface area contributed by atoms with E-state index in [-0.39, 0.29) is 30.4 Å². The number of nitrogens with one attached hydrogen (secondary N) is 3. The molecule has 9 heteroatoms. The largest absolute Gasteiger partial charge is 0.493 e. The highest BCUT2D eigenvalue weighted by atomic mass is 19.1. The van der Waals surface area contributed by atoms with Crippen LogP contribution in [0.5, 0.6) is 5.75 Å². The molecule has 174 valence electrons. The summed E-state index contributed by atoms with van der Waals surface area (Å²) in [6.07, 6.45) is 3.66. The minimum absolute atomic E-state index is 0.232. The quantitative estimate of drug-likeness (QED) is 0.536. The fraction of sp³-hybridized carbons (Fsp3) is 0.417. The zero-order valence-electron chi connectivity index (χ0n) is 18.4. The van der Waals surface area contributed by atoms with Crippen LogP contribution in [0.3, 0.4) is 0 Å². The molecule has 2 amide bonds. The Kier molecular flexibility index (Phi) is 5.47. The second kappa shape index (κ2) is 8.46. The van der Waals surface area contributed by atoms with Crippen LogP contribution < -0.4 is 15.4 Å². The van der Waals surface area contributed by atoms with Gasteiger partial charge in [-0.3, -0.25) is 4.79 Å². The lowest BCUT2D eigenvalue weighted by Gasteiger charge is -2.30. The van der Waals surface area contributed by atoms with E-state index in [1.807, 2.05) is 13.0 Å². The standard InChI is InChI=1S/C24H27FN4O4/c1-13-20(23(30)28-16-7-9-29(11-16)24(31)32)22-18(6-8-26-22)21(27-13)17-5-4-15(25)10-19(17)33-12-14-2-3-14/h4-6,8,10,14,16,21,26-27H,2-3,7,9,11-12H2,1H3,(H,28,30)(H,31,32)/t16-,21?/m1/s1. The molecule has 3 heterocycles. The fourth-order valence-corrected chi connectivity index (χ4v) is 4.59. The van der Waals surface area contributed by atoms with Crippen molar-refractivity contribution in [2.45, 2.75) is 38.3 Å². The molecular formula is C24H27FN4O4. The maximum atomic E-state index is 14.0. The van der Waals surface area contributed by atoms with Crippen LogP contribution in [0, 0.1) is 11.7 Å². The number of likely N-dealkylation sites (tertiary alicyclic amines) is 1. The predicted octanol–water partition coefficient (Wildman–Crippen LogP) is 3.23. The number of carboxylic acid groups (broad SMARTS) is 1. The molecule has 33 heavy (non-hydrogen) atoms. The van der Waals surface area contributed by atoms with Gasteiger partial charge in [0.25, 0.3) is 5.91 Å². The van der Waals surface area contributed by atoms with Gasteiger partial charge < -0.3 is 30.4 Å². The highest BCUT2D eigenvalue weighted by Gasteiger charge is 2.34. The van der Waals surface area contributed by atoms with Crippen molar-refractivity contribution < 1.29 is 23.8 Å². The summed E-state index contributed by atoms with van der Waals surface area (Å²) in [7, 11) is 0. The van der Waals surface area contributed by atoms with Gasteiger partial charge in [0.1, 0.15) is 11.6 Å². The second-order valence-corrected chi connectivity index (χ2v) is 9.01. The number of benzene rings is 1. The molecule has 5 rings (SSSR count). The minimum Gasteiger partial charge on any atom is -0.493 e. The Morgan fingerprint density at radius 2 is 2.06 bits per heavy atom. The highest BCUT2D eigenvalue weighted by molar-refractivity contribution is 6.20. The molecule has 8 nitrogen and oxygen atoms in total. The van der Waals surface area contributed by atoms with Gasteiger partial charge in [-0.2, -0.15) is 0 Å². The molecule has 1 aromatic heterocycles. The molecule has 1 unspecified atom stereocenters. The lowest BCUT2D eigenvalue weighted by molar-refractivity contribution is -0.116. The van der Waals surface area contributed by atoms with Crippen LogP contribution in [0.25, 0.3) is 5.57 Å². The summed E-state index contributed by atoms with van der Waals surface area (Å²) in [5, 5.41) is 15.5. The number of hydrogen-bond acceptors (Lipinski definition) is 4. The second-order valence-electron chi connectivity index (χ2n) is 9.01. The van der Waals surface area contributed by atoms with E-state index in [9.17, 15) is 14.0 Å². The molecule has 0 radical (unpaired) electrons. The highest BCUT2D eigenvalue weighted by Crippen LogP contribution is 2.40. The van der Waals surface area contributed by atoms with Gasteiger partial charge >= 0.3 is 6.09 Å². The third-order valence-corrected chi connectivity index (χ3v) is 6.56. The summed E-state index contributed by atoms with van der Waals surface area (Å²) in [6, 6.07) is 5.94. The van der Waals surface area contributed by atoms with Gasteiger partial charge in [-0.05, 0) is 50.3 Å². The van der Waals surface area contributed by atoms with Crippen molar-refractivity contribution in [2.24, 2.45) is 5.92 Å². The Morgan fingerprint density at radius 3 is 2.79 bits per heavy atom. The van der Waals surface area contributed by atoms with Crippen LogP contribution in [0.2, 0.25) is 0 Å². The number of ether oxygens (including phenoxy) is 1. The first kappa shape index (κ1) is 21.4. The third-order valence-electron chi connectivity index (χ3n) is 6.56. The molecule has 2 aliphatic heterocycles. The number of H-pyrrole nitrogens is 1. The summed E-state index contributed by atoms with van der Waals surface area (Å²) in [6.45, 7) is 3.08. The maximum Gasteiger partial charge on any atom is 0.407 e. The maximum absolute atomic E-state index is 14.0. The molecule has 4 N–H and O–H groups in total. The van der Waals surface area contributed by atoms with Gasteiger partial charge in [0.15, 0.2) is 0 Å². The number of hydrogen-bond donors (Lipinski definition) is 4. The van der Waals surface area contributed by atoms with Crippen molar-refractivity contribution >= 4 is 17.6 Å². The van der Waals surface area contributed by atoms with E-state index in [2.05, 4.69) is 15.6 Å². The van der Waals surface area contributed by atoms with Crippen LogP contribution in [0.4, 0.5) is 9.18 Å². The number of nitrogens with zero attached hydrogens (tertiary/aromatic N) is 1. The summed E-state index contributed by atoms with van der Waals surface area (Å²) in [4.78, 5) is 28.8. The van der Waals surface area contributed by atoms with Gasteiger partial charge in [0, 0.05) is 48.2 Å². The van der Waals surface area contributed by atoms with E-state index in [1.54, 1.807) is 12.3 Å². The lowest BCUT2D eigenvalue weighted by Crippen LogP contribution is -2.40. The van der Waals surface area contributed by atoms with Gasteiger partial charge in [-0.15, -0.1) is 0 Å². The number of aromatic amines is 1. The third kappa shape index (κ3) is 4.27. The van der Waals surface area contributed by atoms with Crippen LogP contribution in [-0.2, 0) is 4.79 Å². The number of allylic oxidation sites excluding steroid dienone is 1. The molecule has 1 aromatic carbocycles. The summed E-state index contributed by atoms with van der Waals surface area (Å²) < 4.78 is 20.0. The van der Waals surface area contributed by atoms with Crippen molar-refractivity contribution in [2.75, 3.05) is 19.7 Å². The molecule has 1 aliphatic carbocycles. The van der Waals surface area contributed by atoms with Gasteiger partial charge in [-0.25, -0.2) is 9.18 Å². The van der Waals surface area contributed by atoms with Crippen LogP contribution in [-0.4, -0.2) is 52.7 Å². The number of amides is 2. The van der Waals surface area contributed by atoms with Gasteiger partial charge in [0.05, 0.1) is 23.9 Å². The Labute approximate surface area is 190 Å². The molecule has 0 bridgehead atoms. The van der Waals surface area contributed by atoms with E-state index >= 15 is 0 Å². The predicted molar refractivity (Wildman–Crippen MR) is 119 cm³/mol. The Hall–Kier alpha value is -3.49. The topological polar surface area (TPSA) is 107 Å². The van der Waals surface area contributed by atoms with Crippen molar-refractivity contribution in [1.29, 1.82) is 0 Å². The first-order valence-corrected chi connectivity index (χ1v) is 11.3. The summed E-state index contributed by atoms with van der Waals surface area (Å²) in [5.41, 5.74) is 3.54. The molecule has 0 spiro atoms. The average Bonchev–Trinajstić information content (AvgIpc) is 3.26. The molecule has 3 aliphatic rings. The molecule has 2 atom stereocenters. The first-order chi connectivity index (χ1) is 15.9. The summed E-state index contributed by atoms with van der Waals surface area (Å²) in [5.74, 6) is 0.428. The number of aromatic nitrogens is 1. The van der Waals surface area contributed by atoms with Crippen LogP contribution in [0.1, 0.15) is 49.0 Å². The monoisotopic (exact) mass is 454 g/mol. The van der Waals surface area contributed by atoms with E-state index in [1.165, 1.54) is 17.0 Å². The number of carbonyl (C=O) groups is 2. The van der Waals surface area contributed by atoms with Crippen molar-refractivity contribution in [1.82, 2.24) is 20.5 Å². The van der Waals surface area contributed by atoms with Crippen LogP contribution >= 0.6 is 0 Å². The molecule has 2 fully saturated rings. The van der Waals surface area contributed by atoms with Gasteiger partial charge in [-0.1, -0.05) is 0 Å². The molecule has 2 aromatic rings. The fourth-order valence-electron chi connectivity index (χ4n) is 4.59. The first-order valence-electron chi connectivity index (χ1n) is 11.3. The van der Waals surface area contributed by atoms with E-state index in [0.717, 1.165) is 24.0 Å². The zero-order valence-corrected chi connectivity index (χ0v) is 18.4. The Morgan fingerprint density at radius 1 is 1.24 bits per heavy atom. The number of carbonyl (C=O) groups excluding carboxylic acids is 1. The van der Waals surface area contributed by atoms with E-state index < -0.39 is 6.09 Å². The van der Waals surface area contributed by atoms with E-state index in [0.29, 0.717) is 48.2 Å². The normalized spacial score (nSPS) is 22.1. The number of rotatable bonds is 6. The smallest absolute Gasteiger partial charge is 0.407 e. The minimum atomic E-state index is -0.977. The average molecular weight is 455 g/mol. The zero-order chi connectivity index (χ0) is 23.1. The van der Waals surface area contributed by atoms with E-state index in [4.69, 9.17) is 9.84 Å². The Bertz CT molecular complexity index is 1120. The summed E-state index contributed by atoms with van der Waals surface area (Å²) >= 11 is 0. The van der Waals surface area contributed by atoms with Crippen molar-refractivity contribution in [3.05, 3.63) is 58.8 Å². The Balaban J connectivity index is 1.39. The molecule has 1 saturated heterocycles. The SMILES string of the molecule is CC1=C(C(=O)N[C@@H]2CCN(C(=O)O)C2)c2[nH]ccc2C(c2ccc(F)cc2OCC2CC2)N1. The lowest BCUT2D eigenvalue weighted by atomic mass is 9.90. The van der Waals surface area contributed by atoms with Crippen molar-refractivity contribution in [3.63, 3.8) is 0 Å². The van der Waals surface area contributed by atoms with Crippen molar-refractivity contribution in [3.8, 4) is 5.75 Å². The number of fused-ring (bicyclic) bond motifs is 1. The molecular weight excluding hydrogens is 427 g/mol. The molecule has 1 saturated carbocycles. The van der Waals surface area contributed by atoms with Crippen LogP contribution in [0.15, 0.2) is 36.2 Å².